The first-order valence-electron chi connectivity index (χ1n) is 6.42. The molecular weight excluding hydrogens is 202 g/mol. The van der Waals surface area contributed by atoms with Gasteiger partial charge in [0.1, 0.15) is 0 Å². The van der Waals surface area contributed by atoms with E-state index in [0.717, 1.165) is 19.6 Å². The van der Waals surface area contributed by atoms with Crippen molar-refractivity contribution < 1.29 is 5.11 Å². The van der Waals surface area contributed by atoms with Crippen LogP contribution in [0.15, 0.2) is 0 Å². The van der Waals surface area contributed by atoms with Crippen LogP contribution in [0.2, 0.25) is 0 Å². The molecule has 1 heterocycles. The molecule has 1 aliphatic rings. The number of hydrogen-bond acceptors (Lipinski definition) is 4. The Labute approximate surface area is 99.6 Å². The molecule has 2 N–H and O–H groups in total. The third-order valence-corrected chi connectivity index (χ3v) is 3.39. The van der Waals surface area contributed by atoms with Crippen LogP contribution in [0.25, 0.3) is 0 Å². The number of hydrogen-bond donors (Lipinski definition) is 2. The minimum Gasteiger partial charge on any atom is -0.390 e. The molecule has 1 saturated heterocycles. The lowest BCUT2D eigenvalue weighted by atomic mass is 10.2. The van der Waals surface area contributed by atoms with Gasteiger partial charge in [-0.25, -0.2) is 0 Å². The number of likely N-dealkylation sites (N-methyl/N-ethyl adjacent to an activating group) is 3. The second-order valence-corrected chi connectivity index (χ2v) is 4.86. The molecule has 0 aromatic heterocycles. The molecule has 0 aliphatic carbocycles. The first-order chi connectivity index (χ1) is 7.67. The van der Waals surface area contributed by atoms with Crippen molar-refractivity contribution in [1.29, 1.82) is 0 Å². The zero-order valence-electron chi connectivity index (χ0n) is 10.9. The Kier molecular flexibility index (Phi) is 6.28. The van der Waals surface area contributed by atoms with E-state index in [0.29, 0.717) is 12.6 Å². The fourth-order valence-corrected chi connectivity index (χ4v) is 2.61. The van der Waals surface area contributed by atoms with E-state index < -0.39 is 0 Å². The van der Waals surface area contributed by atoms with E-state index in [-0.39, 0.29) is 6.10 Å². The molecular formula is C12H27N3O. The van der Waals surface area contributed by atoms with E-state index in [9.17, 15) is 5.11 Å². The highest BCUT2D eigenvalue weighted by atomic mass is 16.3. The zero-order chi connectivity index (χ0) is 12.0. The van der Waals surface area contributed by atoms with Gasteiger partial charge < -0.3 is 15.3 Å². The van der Waals surface area contributed by atoms with Gasteiger partial charge in [-0.05, 0) is 40.0 Å². The summed E-state index contributed by atoms with van der Waals surface area (Å²) in [6, 6.07) is 0.691. The standard InChI is InChI=1S/C12H27N3O/c1-4-15-7-5-6-11(15)9-14(3)10-12(16)8-13-2/h11-13,16H,4-10H2,1-3H3. The monoisotopic (exact) mass is 229 g/mol. The normalized spacial score (nSPS) is 24.2. The van der Waals surface area contributed by atoms with Gasteiger partial charge in [0.25, 0.3) is 0 Å². The Balaban J connectivity index is 2.24. The van der Waals surface area contributed by atoms with Crippen molar-refractivity contribution >= 4 is 0 Å². The van der Waals surface area contributed by atoms with E-state index in [2.05, 4.69) is 29.1 Å². The minimum atomic E-state index is -0.258. The molecule has 0 spiro atoms. The summed E-state index contributed by atoms with van der Waals surface area (Å²) >= 11 is 0. The van der Waals surface area contributed by atoms with Crippen molar-refractivity contribution in [3.8, 4) is 0 Å². The predicted octanol–water partition coefficient (Wildman–Crippen LogP) is -0.0172. The van der Waals surface area contributed by atoms with Crippen molar-refractivity contribution in [3.05, 3.63) is 0 Å². The lowest BCUT2D eigenvalue weighted by Gasteiger charge is -2.28. The maximum Gasteiger partial charge on any atom is 0.0791 e. The topological polar surface area (TPSA) is 38.7 Å². The number of rotatable bonds is 7. The van der Waals surface area contributed by atoms with Gasteiger partial charge in [-0.2, -0.15) is 0 Å². The highest BCUT2D eigenvalue weighted by Crippen LogP contribution is 2.17. The van der Waals surface area contributed by atoms with Crippen LogP contribution in [-0.2, 0) is 0 Å². The fourth-order valence-electron chi connectivity index (χ4n) is 2.61. The minimum absolute atomic E-state index is 0.258. The Bertz CT molecular complexity index is 189. The molecule has 1 aliphatic heterocycles. The van der Waals surface area contributed by atoms with Crippen molar-refractivity contribution in [2.45, 2.75) is 31.9 Å². The number of nitrogens with one attached hydrogen (secondary N) is 1. The van der Waals surface area contributed by atoms with Crippen LogP contribution >= 0.6 is 0 Å². The molecule has 2 atom stereocenters. The SMILES string of the molecule is CCN1CCCC1CN(C)CC(O)CNC. The van der Waals surface area contributed by atoms with E-state index >= 15 is 0 Å². The summed E-state index contributed by atoms with van der Waals surface area (Å²) < 4.78 is 0. The molecule has 0 saturated carbocycles. The average molecular weight is 229 g/mol. The molecule has 4 nitrogen and oxygen atoms in total. The fraction of sp³-hybridized carbons (Fsp3) is 1.00. The van der Waals surface area contributed by atoms with Gasteiger partial charge in [0.05, 0.1) is 6.10 Å². The highest BCUT2D eigenvalue weighted by molar-refractivity contribution is 4.81. The van der Waals surface area contributed by atoms with Gasteiger partial charge in [0.15, 0.2) is 0 Å². The van der Waals surface area contributed by atoms with Crippen LogP contribution in [0.4, 0.5) is 0 Å². The summed E-state index contributed by atoms with van der Waals surface area (Å²) in [7, 11) is 3.98. The van der Waals surface area contributed by atoms with Gasteiger partial charge in [-0.15, -0.1) is 0 Å². The maximum absolute atomic E-state index is 9.70. The van der Waals surface area contributed by atoms with Crippen LogP contribution in [-0.4, -0.2) is 73.9 Å². The summed E-state index contributed by atoms with van der Waals surface area (Å²) in [5, 5.41) is 12.7. The van der Waals surface area contributed by atoms with Crippen LogP contribution in [0.5, 0.6) is 0 Å². The first kappa shape index (κ1) is 13.9. The van der Waals surface area contributed by atoms with Crippen LogP contribution in [0.3, 0.4) is 0 Å². The van der Waals surface area contributed by atoms with Crippen LogP contribution in [0, 0.1) is 0 Å². The van der Waals surface area contributed by atoms with Crippen molar-refractivity contribution in [3.63, 3.8) is 0 Å². The molecule has 4 heteroatoms. The molecule has 0 aromatic rings. The average Bonchev–Trinajstić information content (AvgIpc) is 2.65. The van der Waals surface area contributed by atoms with Gasteiger partial charge in [-0.1, -0.05) is 6.92 Å². The first-order valence-corrected chi connectivity index (χ1v) is 6.42. The number of aliphatic hydroxyl groups excluding tert-OH is 1. The second kappa shape index (κ2) is 7.22. The van der Waals surface area contributed by atoms with Crippen molar-refractivity contribution in [1.82, 2.24) is 15.1 Å². The number of likely N-dealkylation sites (tertiary alicyclic amines) is 1. The smallest absolute Gasteiger partial charge is 0.0791 e. The van der Waals surface area contributed by atoms with E-state index in [1.807, 2.05) is 7.05 Å². The molecule has 1 rings (SSSR count). The quantitative estimate of drug-likeness (QED) is 0.644. The van der Waals surface area contributed by atoms with Gasteiger partial charge in [-0.3, -0.25) is 4.90 Å². The number of aliphatic hydroxyl groups is 1. The third kappa shape index (κ3) is 4.37. The number of nitrogens with zero attached hydrogens (tertiary/aromatic N) is 2. The van der Waals surface area contributed by atoms with E-state index in [1.165, 1.54) is 19.4 Å². The molecule has 0 amide bonds. The molecule has 0 radical (unpaired) electrons. The summed E-state index contributed by atoms with van der Waals surface area (Å²) in [5.74, 6) is 0. The molecule has 2 unspecified atom stereocenters. The van der Waals surface area contributed by atoms with E-state index in [1.54, 1.807) is 0 Å². The maximum atomic E-state index is 9.70. The Hall–Kier alpha value is -0.160. The Morgan fingerprint density at radius 2 is 2.31 bits per heavy atom. The second-order valence-electron chi connectivity index (χ2n) is 4.86. The molecule has 0 bridgehead atoms. The van der Waals surface area contributed by atoms with Crippen molar-refractivity contribution in [2.24, 2.45) is 0 Å². The predicted molar refractivity (Wildman–Crippen MR) is 67.7 cm³/mol. The molecule has 1 fully saturated rings. The Morgan fingerprint density at radius 3 is 2.94 bits per heavy atom. The molecule has 96 valence electrons. The summed E-state index contributed by atoms with van der Waals surface area (Å²) in [6.45, 7) is 7.13. The lowest BCUT2D eigenvalue weighted by molar-refractivity contribution is 0.109. The Morgan fingerprint density at radius 1 is 1.56 bits per heavy atom. The summed E-state index contributed by atoms with van der Waals surface area (Å²) in [4.78, 5) is 4.79. The molecule has 16 heavy (non-hydrogen) atoms. The largest absolute Gasteiger partial charge is 0.390 e. The lowest BCUT2D eigenvalue weighted by Crippen LogP contribution is -2.42. The third-order valence-electron chi connectivity index (χ3n) is 3.39. The van der Waals surface area contributed by atoms with Gasteiger partial charge in [0.2, 0.25) is 0 Å². The van der Waals surface area contributed by atoms with Crippen LogP contribution < -0.4 is 5.32 Å². The summed E-state index contributed by atoms with van der Waals surface area (Å²) in [5.41, 5.74) is 0. The van der Waals surface area contributed by atoms with Gasteiger partial charge >= 0.3 is 0 Å². The highest BCUT2D eigenvalue weighted by Gasteiger charge is 2.24. The molecule has 0 aromatic carbocycles. The zero-order valence-corrected chi connectivity index (χ0v) is 10.9. The summed E-state index contributed by atoms with van der Waals surface area (Å²) in [6.07, 6.45) is 2.37. The van der Waals surface area contributed by atoms with Crippen molar-refractivity contribution in [2.75, 3.05) is 46.8 Å². The van der Waals surface area contributed by atoms with E-state index in [4.69, 9.17) is 0 Å². The van der Waals surface area contributed by atoms with Gasteiger partial charge in [0, 0.05) is 25.7 Å². The van der Waals surface area contributed by atoms with Crippen LogP contribution in [0.1, 0.15) is 19.8 Å².